The first-order valence-electron chi connectivity index (χ1n) is 11.2. The Balaban J connectivity index is 2.00. The van der Waals surface area contributed by atoms with Crippen LogP contribution in [0.3, 0.4) is 0 Å². The van der Waals surface area contributed by atoms with Crippen molar-refractivity contribution in [2.24, 2.45) is 5.14 Å². The summed E-state index contributed by atoms with van der Waals surface area (Å²) in [5.74, 6) is 0. The minimum Gasteiger partial charge on any atom is -0.398 e. The average Bonchev–Trinajstić information content (AvgIpc) is 3.10. The molecular weight excluding hydrogens is 458 g/mol. The molecule has 178 valence electrons. The van der Waals surface area contributed by atoms with Crippen molar-refractivity contribution in [3.63, 3.8) is 0 Å². The zero-order chi connectivity index (χ0) is 25.3. The molecule has 0 radical (unpaired) electrons. The van der Waals surface area contributed by atoms with E-state index in [0.717, 1.165) is 55.9 Å². The molecule has 3 aromatic carbocycles. The van der Waals surface area contributed by atoms with Gasteiger partial charge >= 0.3 is 0 Å². The van der Waals surface area contributed by atoms with Crippen molar-refractivity contribution in [1.82, 2.24) is 9.97 Å². The molecule has 0 unspecified atom stereocenters. The molecule has 8 heteroatoms. The van der Waals surface area contributed by atoms with Gasteiger partial charge in [-0.2, -0.15) is 0 Å². The van der Waals surface area contributed by atoms with Crippen molar-refractivity contribution in [3.8, 4) is 11.3 Å². The minimum absolute atomic E-state index is 0.267. The van der Waals surface area contributed by atoms with E-state index >= 15 is 0 Å². The molecule has 1 aliphatic carbocycles. The Morgan fingerprint density at radius 3 is 1.77 bits per heavy atom. The van der Waals surface area contributed by atoms with Gasteiger partial charge in [-0.25, -0.2) is 18.5 Å². The topological polar surface area (TPSA) is 138 Å². The van der Waals surface area contributed by atoms with Crippen molar-refractivity contribution in [1.29, 1.82) is 0 Å². The lowest BCUT2D eigenvalue weighted by atomic mass is 9.68. The molecule has 0 bridgehead atoms. The summed E-state index contributed by atoms with van der Waals surface area (Å²) in [6.45, 7) is 7.93. The number of sulfonamides is 1. The number of fused-ring (bicyclic) bond motifs is 3. The van der Waals surface area contributed by atoms with Gasteiger partial charge in [0.1, 0.15) is 0 Å². The molecule has 4 aromatic rings. The van der Waals surface area contributed by atoms with Gasteiger partial charge in [-0.15, -0.1) is 0 Å². The summed E-state index contributed by atoms with van der Waals surface area (Å²) in [6, 6.07) is 16.1. The highest BCUT2D eigenvalue weighted by Crippen LogP contribution is 2.55. The summed E-state index contributed by atoms with van der Waals surface area (Å²) in [4.78, 5) is 9.24. The lowest BCUT2D eigenvalue weighted by molar-refractivity contribution is 0.593. The molecule has 0 saturated heterocycles. The largest absolute Gasteiger partial charge is 0.398 e. The van der Waals surface area contributed by atoms with Crippen LogP contribution in [0.4, 0.5) is 11.4 Å². The summed E-state index contributed by atoms with van der Waals surface area (Å²) < 4.78 is 24.3. The Hall–Kier alpha value is -3.75. The van der Waals surface area contributed by atoms with Crippen molar-refractivity contribution < 1.29 is 8.42 Å². The molecule has 1 aromatic heterocycles. The Morgan fingerprint density at radius 1 is 0.800 bits per heavy atom. The van der Waals surface area contributed by atoms with Crippen LogP contribution < -0.4 is 16.6 Å². The fourth-order valence-electron chi connectivity index (χ4n) is 5.25. The molecule has 7 nitrogen and oxygen atoms in total. The third kappa shape index (κ3) is 3.25. The van der Waals surface area contributed by atoms with Gasteiger partial charge in [0.2, 0.25) is 0 Å². The summed E-state index contributed by atoms with van der Waals surface area (Å²) in [5.41, 5.74) is 21.9. The molecule has 0 saturated carbocycles. The third-order valence-electron chi connectivity index (χ3n) is 7.04. The third-order valence-corrected chi connectivity index (χ3v) is 7.82. The lowest BCUT2D eigenvalue weighted by Crippen LogP contribution is -2.31. The first-order chi connectivity index (χ1) is 16.5. The SMILES string of the molecule is Cc1cc(C2(c3cc(C)c(N)c(C)c3)c3ccccc3-c3nc(S(N)(=O)=O)cnc32)cc(C)c1N. The van der Waals surface area contributed by atoms with Crippen molar-refractivity contribution in [3.05, 3.63) is 99.4 Å². The van der Waals surface area contributed by atoms with Gasteiger partial charge in [0.25, 0.3) is 10.0 Å². The molecule has 1 heterocycles. The quantitative estimate of drug-likeness (QED) is 0.332. The Bertz CT molecular complexity index is 1540. The second-order valence-corrected chi connectivity index (χ2v) is 10.8. The normalized spacial score (nSPS) is 14.0. The van der Waals surface area contributed by atoms with Gasteiger partial charge in [-0.3, -0.25) is 4.98 Å². The van der Waals surface area contributed by atoms with Crippen molar-refractivity contribution >= 4 is 21.4 Å². The Morgan fingerprint density at radius 2 is 1.29 bits per heavy atom. The molecule has 0 fully saturated rings. The smallest absolute Gasteiger partial charge is 0.257 e. The number of nitrogens with zero attached hydrogens (tertiary/aromatic N) is 2. The molecule has 1 aliphatic rings. The number of nitrogens with two attached hydrogens (primary N) is 3. The van der Waals surface area contributed by atoms with Crippen LogP contribution in [0.2, 0.25) is 0 Å². The second kappa shape index (κ2) is 7.63. The molecule has 0 atom stereocenters. The summed E-state index contributed by atoms with van der Waals surface area (Å²) in [7, 11) is -4.04. The summed E-state index contributed by atoms with van der Waals surface area (Å²) in [5, 5.41) is 5.15. The van der Waals surface area contributed by atoms with Gasteiger partial charge in [-0.1, -0.05) is 48.5 Å². The number of benzene rings is 3. The van der Waals surface area contributed by atoms with E-state index < -0.39 is 15.4 Å². The summed E-state index contributed by atoms with van der Waals surface area (Å²) >= 11 is 0. The van der Waals surface area contributed by atoms with E-state index in [-0.39, 0.29) is 5.03 Å². The summed E-state index contributed by atoms with van der Waals surface area (Å²) in [6.07, 6.45) is 1.24. The van der Waals surface area contributed by atoms with E-state index in [1.165, 1.54) is 6.20 Å². The maximum atomic E-state index is 12.1. The molecular formula is C27H27N5O2S. The molecule has 0 aliphatic heterocycles. The highest BCUT2D eigenvalue weighted by atomic mass is 32.2. The fraction of sp³-hybridized carbons (Fsp3) is 0.185. The van der Waals surface area contributed by atoms with Gasteiger partial charge in [0, 0.05) is 16.9 Å². The number of rotatable bonds is 3. The second-order valence-electron chi connectivity index (χ2n) is 9.29. The standard InChI is InChI=1S/C27H27N5O2S/c1-14-9-18(10-15(2)23(14)28)27(19-11-16(3)24(29)17(4)12-19)21-8-6-5-7-20(21)25-26(27)31-13-22(32-25)35(30,33)34/h5-13H,28-29H2,1-4H3,(H2,30,33,34). The Labute approximate surface area is 205 Å². The first kappa shape index (κ1) is 23.0. The maximum absolute atomic E-state index is 12.1. The molecule has 0 spiro atoms. The van der Waals surface area contributed by atoms with Gasteiger partial charge in [-0.05, 0) is 66.6 Å². The molecule has 35 heavy (non-hydrogen) atoms. The lowest BCUT2D eigenvalue weighted by Gasteiger charge is -2.34. The first-order valence-corrected chi connectivity index (χ1v) is 12.8. The minimum atomic E-state index is -4.04. The monoisotopic (exact) mass is 485 g/mol. The fourth-order valence-corrected chi connectivity index (χ4v) is 5.67. The number of aromatic nitrogens is 2. The molecule has 5 rings (SSSR count). The van der Waals surface area contributed by atoms with Gasteiger partial charge < -0.3 is 11.5 Å². The van der Waals surface area contributed by atoms with Crippen LogP contribution in [0.25, 0.3) is 11.3 Å². The van der Waals surface area contributed by atoms with Crippen LogP contribution in [-0.4, -0.2) is 18.4 Å². The number of anilines is 2. The zero-order valence-electron chi connectivity index (χ0n) is 20.0. The van der Waals surface area contributed by atoms with Crippen LogP contribution in [0.15, 0.2) is 59.8 Å². The van der Waals surface area contributed by atoms with E-state index in [0.29, 0.717) is 11.4 Å². The van der Waals surface area contributed by atoms with Crippen molar-refractivity contribution in [2.45, 2.75) is 38.1 Å². The number of aryl methyl sites for hydroxylation is 4. The average molecular weight is 486 g/mol. The van der Waals surface area contributed by atoms with Crippen LogP contribution >= 0.6 is 0 Å². The number of hydrogen-bond acceptors (Lipinski definition) is 6. The predicted octanol–water partition coefficient (Wildman–Crippen LogP) is 3.89. The predicted molar refractivity (Wildman–Crippen MR) is 138 cm³/mol. The Kier molecular flexibility index (Phi) is 5.02. The van der Waals surface area contributed by atoms with E-state index in [1.54, 1.807) is 0 Å². The van der Waals surface area contributed by atoms with E-state index in [4.69, 9.17) is 21.6 Å². The van der Waals surface area contributed by atoms with Crippen LogP contribution in [0, 0.1) is 27.7 Å². The van der Waals surface area contributed by atoms with E-state index in [9.17, 15) is 8.42 Å². The van der Waals surface area contributed by atoms with Crippen LogP contribution in [0.1, 0.15) is 44.6 Å². The van der Waals surface area contributed by atoms with Crippen molar-refractivity contribution in [2.75, 3.05) is 11.5 Å². The number of hydrogen-bond donors (Lipinski definition) is 3. The van der Waals surface area contributed by atoms with Gasteiger partial charge in [0.15, 0.2) is 5.03 Å². The van der Waals surface area contributed by atoms with Crippen LogP contribution in [0.5, 0.6) is 0 Å². The zero-order valence-corrected chi connectivity index (χ0v) is 20.9. The number of nitrogen functional groups attached to an aromatic ring is 2. The molecule has 0 amide bonds. The molecule has 6 N–H and O–H groups in total. The van der Waals surface area contributed by atoms with Crippen LogP contribution in [-0.2, 0) is 15.4 Å². The highest BCUT2D eigenvalue weighted by Gasteiger charge is 2.49. The number of primary sulfonamides is 1. The van der Waals surface area contributed by atoms with E-state index in [2.05, 4.69) is 29.2 Å². The van der Waals surface area contributed by atoms with Gasteiger partial charge in [0.05, 0.1) is 23.0 Å². The highest BCUT2D eigenvalue weighted by molar-refractivity contribution is 7.89. The van der Waals surface area contributed by atoms with E-state index in [1.807, 2.05) is 52.0 Å². The maximum Gasteiger partial charge on any atom is 0.257 e.